The molecular formula is C25H28N4O4S. The summed E-state index contributed by atoms with van der Waals surface area (Å²) in [4.78, 5) is 33.2. The quantitative estimate of drug-likeness (QED) is 0.540. The van der Waals surface area contributed by atoms with E-state index in [0.29, 0.717) is 29.5 Å². The lowest BCUT2D eigenvalue weighted by Gasteiger charge is -2.30. The van der Waals surface area contributed by atoms with E-state index in [1.54, 1.807) is 13.3 Å². The van der Waals surface area contributed by atoms with E-state index in [1.807, 2.05) is 46.3 Å². The zero-order valence-electron chi connectivity index (χ0n) is 19.2. The number of hydrogen-bond acceptors (Lipinski definition) is 7. The molecule has 5 rings (SSSR count). The maximum atomic E-state index is 13.6. The van der Waals surface area contributed by atoms with Crippen LogP contribution in [0, 0.1) is 11.8 Å². The van der Waals surface area contributed by atoms with Gasteiger partial charge in [-0.25, -0.2) is 4.98 Å². The number of anilines is 1. The highest BCUT2D eigenvalue weighted by molar-refractivity contribution is 7.13. The topological polar surface area (TPSA) is 96.7 Å². The highest BCUT2D eigenvalue weighted by Gasteiger charge is 2.55. The van der Waals surface area contributed by atoms with Gasteiger partial charge in [-0.1, -0.05) is 25.1 Å². The van der Waals surface area contributed by atoms with Crippen LogP contribution in [-0.4, -0.2) is 51.8 Å². The Balaban J connectivity index is 1.54. The molecule has 0 spiro atoms. The van der Waals surface area contributed by atoms with Gasteiger partial charge in [-0.05, 0) is 31.2 Å². The van der Waals surface area contributed by atoms with Gasteiger partial charge in [0, 0.05) is 47.8 Å². The number of para-hydroxylation sites is 1. The third-order valence-corrected chi connectivity index (χ3v) is 7.69. The number of pyridine rings is 1. The Labute approximate surface area is 201 Å². The maximum absolute atomic E-state index is 13.6. The molecule has 0 unspecified atom stereocenters. The van der Waals surface area contributed by atoms with Crippen LogP contribution < -0.4 is 15.6 Å². The van der Waals surface area contributed by atoms with E-state index >= 15 is 0 Å². The number of amides is 1. The summed E-state index contributed by atoms with van der Waals surface area (Å²) in [5, 5.41) is 15.7. The number of aromatic nitrogens is 2. The Bertz CT molecular complexity index is 1240. The van der Waals surface area contributed by atoms with E-state index in [9.17, 15) is 14.7 Å². The van der Waals surface area contributed by atoms with Gasteiger partial charge >= 0.3 is 0 Å². The van der Waals surface area contributed by atoms with Gasteiger partial charge in [-0.15, -0.1) is 11.3 Å². The minimum Gasteiger partial charge on any atom is -0.496 e. The number of aliphatic hydroxyl groups excluding tert-OH is 1. The molecule has 1 saturated heterocycles. The van der Waals surface area contributed by atoms with Crippen LogP contribution >= 0.6 is 11.3 Å². The van der Waals surface area contributed by atoms with Gasteiger partial charge in [-0.2, -0.15) is 0 Å². The second-order valence-corrected chi connectivity index (χ2v) is 9.65. The van der Waals surface area contributed by atoms with Crippen molar-refractivity contribution in [3.05, 3.63) is 64.0 Å². The largest absolute Gasteiger partial charge is 0.496 e. The number of methoxy groups -OCH3 is 1. The fraction of sp³-hybridized carbons (Fsp3) is 0.400. The van der Waals surface area contributed by atoms with Crippen molar-refractivity contribution in [2.24, 2.45) is 11.8 Å². The van der Waals surface area contributed by atoms with Gasteiger partial charge in [0.2, 0.25) is 5.91 Å². The lowest BCUT2D eigenvalue weighted by molar-refractivity contribution is -0.122. The van der Waals surface area contributed by atoms with Crippen molar-refractivity contribution in [3.8, 4) is 16.9 Å². The molecule has 0 aliphatic carbocycles. The number of thiazole rings is 1. The molecule has 1 fully saturated rings. The molecule has 2 N–H and O–H groups in total. The van der Waals surface area contributed by atoms with E-state index < -0.39 is 6.04 Å². The van der Waals surface area contributed by atoms with Crippen molar-refractivity contribution in [3.63, 3.8) is 0 Å². The molecule has 178 valence electrons. The number of carbonyl (C=O) groups is 1. The summed E-state index contributed by atoms with van der Waals surface area (Å²) in [6.07, 6.45) is 2.50. The molecule has 34 heavy (non-hydrogen) atoms. The number of ether oxygens (including phenoxy) is 1. The Hall–Kier alpha value is -3.01. The summed E-state index contributed by atoms with van der Waals surface area (Å²) < 4.78 is 7.29. The second-order valence-electron chi connectivity index (χ2n) is 8.75. The van der Waals surface area contributed by atoms with Crippen LogP contribution in [0.4, 0.5) is 5.13 Å². The van der Waals surface area contributed by atoms with Crippen molar-refractivity contribution in [1.29, 1.82) is 0 Å². The number of nitrogens with one attached hydrogen (secondary N) is 1. The maximum Gasteiger partial charge on any atom is 0.258 e. The van der Waals surface area contributed by atoms with Crippen LogP contribution in [0.5, 0.6) is 5.75 Å². The summed E-state index contributed by atoms with van der Waals surface area (Å²) in [7, 11) is 1.60. The van der Waals surface area contributed by atoms with Crippen molar-refractivity contribution < 1.29 is 14.6 Å². The number of aliphatic hydroxyl groups is 1. The van der Waals surface area contributed by atoms with E-state index in [1.165, 1.54) is 11.3 Å². The summed E-state index contributed by atoms with van der Waals surface area (Å²) in [6.45, 7) is 3.10. The fourth-order valence-electron chi connectivity index (χ4n) is 5.66. The van der Waals surface area contributed by atoms with Crippen molar-refractivity contribution in [1.82, 2.24) is 14.5 Å². The number of fused-ring (bicyclic) bond motifs is 3. The molecule has 8 nitrogen and oxygen atoms in total. The number of hydrogen-bond donors (Lipinski definition) is 2. The second kappa shape index (κ2) is 9.32. The molecule has 0 bridgehead atoms. The molecule has 1 aromatic carbocycles. The van der Waals surface area contributed by atoms with Gasteiger partial charge in [0.1, 0.15) is 5.75 Å². The molecule has 3 aromatic rings. The van der Waals surface area contributed by atoms with E-state index in [0.717, 1.165) is 17.7 Å². The summed E-state index contributed by atoms with van der Waals surface area (Å²) in [6, 6.07) is 10.8. The van der Waals surface area contributed by atoms with Crippen LogP contribution in [0.25, 0.3) is 11.1 Å². The Kier molecular flexibility index (Phi) is 6.24. The van der Waals surface area contributed by atoms with Crippen LogP contribution in [0.3, 0.4) is 0 Å². The zero-order valence-corrected chi connectivity index (χ0v) is 20.0. The lowest BCUT2D eigenvalue weighted by atomic mass is 9.88. The first-order chi connectivity index (χ1) is 16.6. The van der Waals surface area contributed by atoms with Crippen LogP contribution in [0.2, 0.25) is 0 Å². The number of carbonyl (C=O) groups excluding carboxylic acids is 1. The van der Waals surface area contributed by atoms with Gasteiger partial charge in [0.05, 0.1) is 24.8 Å². The SMILES string of the molecule is CCCN1[C@H](C(=O)Nc2nccs2)[C@@H](CO)[C@@H]2Cn3c(ccc(-c4ccccc4OC)c3=O)[C@@H]21. The first-order valence-corrected chi connectivity index (χ1v) is 12.4. The van der Waals surface area contributed by atoms with Crippen molar-refractivity contribution in [2.45, 2.75) is 32.0 Å². The molecule has 9 heteroatoms. The number of nitrogens with zero attached hydrogens (tertiary/aromatic N) is 3. The number of rotatable bonds is 7. The molecule has 2 aromatic heterocycles. The Morgan fingerprint density at radius 2 is 2.09 bits per heavy atom. The highest BCUT2D eigenvalue weighted by atomic mass is 32.1. The molecule has 1 amide bonds. The van der Waals surface area contributed by atoms with Gasteiger partial charge in [-0.3, -0.25) is 14.5 Å². The predicted octanol–water partition coefficient (Wildman–Crippen LogP) is 2.99. The molecule has 4 atom stereocenters. The number of likely N-dealkylation sites (tertiary alicyclic amines) is 1. The van der Waals surface area contributed by atoms with Gasteiger partial charge in [0.15, 0.2) is 5.13 Å². The fourth-order valence-corrected chi connectivity index (χ4v) is 6.19. The first-order valence-electron chi connectivity index (χ1n) is 11.5. The van der Waals surface area contributed by atoms with Crippen LogP contribution in [0.1, 0.15) is 25.1 Å². The summed E-state index contributed by atoms with van der Waals surface area (Å²) in [5.41, 5.74) is 2.16. The van der Waals surface area contributed by atoms with Crippen LogP contribution in [0.15, 0.2) is 52.8 Å². The van der Waals surface area contributed by atoms with E-state index in [2.05, 4.69) is 22.1 Å². The normalized spacial score (nSPS) is 23.5. The third-order valence-electron chi connectivity index (χ3n) is 7.00. The number of benzene rings is 1. The molecule has 0 saturated carbocycles. The van der Waals surface area contributed by atoms with Gasteiger partial charge in [0.25, 0.3) is 5.56 Å². The van der Waals surface area contributed by atoms with E-state index in [-0.39, 0.29) is 36.0 Å². The summed E-state index contributed by atoms with van der Waals surface area (Å²) >= 11 is 1.37. The zero-order chi connectivity index (χ0) is 23.8. The molecule has 0 radical (unpaired) electrons. The smallest absolute Gasteiger partial charge is 0.258 e. The van der Waals surface area contributed by atoms with Crippen LogP contribution in [-0.2, 0) is 11.3 Å². The standard InChI is InChI=1S/C25H28N4O4S/c1-3-11-28-21-17(18(14-30)22(28)23(31)27-25-26-10-12-34-25)13-29-19(21)9-8-16(24(29)32)15-6-4-5-7-20(15)33-2/h4-10,12,17-18,21-22,30H,3,11,13-14H2,1-2H3,(H,26,27,31)/t17-,18-,21+,22-/m0/s1. The summed E-state index contributed by atoms with van der Waals surface area (Å²) in [5.74, 6) is 0.171. The molecule has 2 aliphatic rings. The minimum atomic E-state index is -0.485. The molecule has 2 aliphatic heterocycles. The predicted molar refractivity (Wildman–Crippen MR) is 131 cm³/mol. The average Bonchev–Trinajstić information content (AvgIpc) is 3.56. The highest BCUT2D eigenvalue weighted by Crippen LogP contribution is 2.49. The van der Waals surface area contributed by atoms with Crippen molar-refractivity contribution >= 4 is 22.4 Å². The monoisotopic (exact) mass is 480 g/mol. The lowest BCUT2D eigenvalue weighted by Crippen LogP contribution is -2.46. The first kappa shape index (κ1) is 22.8. The Morgan fingerprint density at radius 1 is 1.26 bits per heavy atom. The minimum absolute atomic E-state index is 0.0378. The van der Waals surface area contributed by atoms with Crippen molar-refractivity contribution in [2.75, 3.05) is 25.6 Å². The third kappa shape index (κ3) is 3.64. The molecule has 4 heterocycles. The average molecular weight is 481 g/mol. The van der Waals surface area contributed by atoms with E-state index in [4.69, 9.17) is 4.74 Å². The molecular weight excluding hydrogens is 452 g/mol. The Morgan fingerprint density at radius 3 is 2.79 bits per heavy atom. The van der Waals surface area contributed by atoms with Gasteiger partial charge < -0.3 is 19.7 Å².